The highest BCUT2D eigenvalue weighted by molar-refractivity contribution is 6.30. The Labute approximate surface area is 247 Å². The number of rotatable bonds is 2. The molecule has 0 fully saturated rings. The van der Waals surface area contributed by atoms with Gasteiger partial charge < -0.3 is 0 Å². The van der Waals surface area contributed by atoms with E-state index in [2.05, 4.69) is 9.97 Å². The molecule has 12 heteroatoms. The van der Waals surface area contributed by atoms with Crippen LogP contribution in [0.4, 0.5) is 8.78 Å². The fourth-order valence-corrected chi connectivity index (χ4v) is 5.22. The third-order valence-corrected chi connectivity index (χ3v) is 6.88. The van der Waals surface area contributed by atoms with Gasteiger partial charge in [-0.15, -0.1) is 0 Å². The number of nitriles is 8. The van der Waals surface area contributed by atoms with Gasteiger partial charge in [-0.2, -0.15) is 50.9 Å². The number of halogens is 2. The molecule has 0 bridgehead atoms. The largest absolute Gasteiger partial charge is 0.214 e. The van der Waals surface area contributed by atoms with E-state index in [1.807, 2.05) is 12.1 Å². The molecule has 0 radical (unpaired) electrons. The standard InChI is InChI=1S/C32H6F2N10/c33-27-3-1-17(25(13-41)43-27)31-23(11-39)19-5-20-22(6-21(19)29(31)15(7-35)8-36)30(16(9-37)10-38)32(24(20)12-40)18-2-4-28(34)44-26(18)14-42/h1-6H. The molecule has 0 spiro atoms. The molecular formula is C32H6F2N10. The minimum absolute atomic E-state index is 0.0434. The van der Waals surface area contributed by atoms with Crippen molar-refractivity contribution < 1.29 is 8.78 Å². The smallest absolute Gasteiger partial charge is 0.208 e. The van der Waals surface area contributed by atoms with Gasteiger partial charge in [-0.05, 0) is 47.5 Å². The summed E-state index contributed by atoms with van der Waals surface area (Å²) in [6.45, 7) is 0. The van der Waals surface area contributed by atoms with Gasteiger partial charge in [0.05, 0.1) is 11.1 Å². The van der Waals surface area contributed by atoms with Gasteiger partial charge in [0.2, 0.25) is 11.9 Å². The van der Waals surface area contributed by atoms with Crippen LogP contribution in [0.1, 0.15) is 44.8 Å². The summed E-state index contributed by atoms with van der Waals surface area (Å²) in [6.07, 6.45) is 0. The number of hydrogen-bond acceptors (Lipinski definition) is 10. The summed E-state index contributed by atoms with van der Waals surface area (Å²) in [7, 11) is 0. The molecule has 2 aliphatic rings. The molecule has 0 saturated heterocycles. The second kappa shape index (κ2) is 10.7. The minimum atomic E-state index is -0.983. The summed E-state index contributed by atoms with van der Waals surface area (Å²) in [6, 6.07) is 21.5. The molecule has 0 aliphatic heterocycles. The lowest BCUT2D eigenvalue weighted by molar-refractivity contribution is 0.581. The first-order valence-electron chi connectivity index (χ1n) is 12.0. The topological polar surface area (TPSA) is 216 Å². The summed E-state index contributed by atoms with van der Waals surface area (Å²) >= 11 is 0. The van der Waals surface area contributed by atoms with Crippen molar-refractivity contribution in [2.24, 2.45) is 0 Å². The maximum absolute atomic E-state index is 13.9. The van der Waals surface area contributed by atoms with Crippen LogP contribution in [0.5, 0.6) is 0 Å². The molecule has 3 aromatic rings. The fourth-order valence-electron chi connectivity index (χ4n) is 5.22. The quantitative estimate of drug-likeness (QED) is 0.298. The average Bonchev–Trinajstić information content (AvgIpc) is 3.52. The molecule has 2 heterocycles. The van der Waals surface area contributed by atoms with E-state index in [1.165, 1.54) is 24.3 Å². The molecule has 2 aromatic heterocycles. The summed E-state index contributed by atoms with van der Waals surface area (Å²) in [5, 5.41) is 79.4. The van der Waals surface area contributed by atoms with Crippen molar-refractivity contribution in [3.63, 3.8) is 0 Å². The lowest BCUT2D eigenvalue weighted by Crippen LogP contribution is -1.99. The molecule has 0 saturated carbocycles. The predicted molar refractivity (Wildman–Crippen MR) is 145 cm³/mol. The van der Waals surface area contributed by atoms with E-state index in [4.69, 9.17) is 0 Å². The van der Waals surface area contributed by atoms with Crippen molar-refractivity contribution in [1.29, 1.82) is 42.1 Å². The van der Waals surface area contributed by atoms with Crippen LogP contribution in [0.15, 0.2) is 47.5 Å². The summed E-state index contributed by atoms with van der Waals surface area (Å²) in [5.74, 6) is -1.97. The van der Waals surface area contributed by atoms with Gasteiger partial charge in [0.25, 0.3) is 0 Å². The van der Waals surface area contributed by atoms with Crippen LogP contribution in [0.25, 0.3) is 33.4 Å². The van der Waals surface area contributed by atoms with Crippen molar-refractivity contribution in [2.45, 2.75) is 0 Å². The monoisotopic (exact) mass is 568 g/mol. The molecule has 0 unspecified atom stereocenters. The van der Waals surface area contributed by atoms with Gasteiger partial charge >= 0.3 is 0 Å². The number of pyridine rings is 2. The molecule has 2 aliphatic carbocycles. The predicted octanol–water partition coefficient (Wildman–Crippen LogP) is 5.00. The number of nitrogens with zero attached hydrogens (tertiary/aromatic N) is 10. The SMILES string of the molecule is N#CC(C#N)=C1C(c2ccc(F)nc2C#N)=C(C#N)c2cc3c(cc21)C(=C(C#N)C#N)C(c1ccc(F)nc1C#N)=C3C#N. The van der Waals surface area contributed by atoms with E-state index in [1.54, 1.807) is 36.4 Å². The molecule has 0 N–H and O–H groups in total. The third kappa shape index (κ3) is 3.93. The normalized spacial score (nSPS) is 12.3. The number of benzene rings is 1. The molecule has 0 amide bonds. The molecular weight excluding hydrogens is 562 g/mol. The Morgan fingerprint density at radius 1 is 0.477 bits per heavy atom. The number of aromatic nitrogens is 2. The van der Waals surface area contributed by atoms with Crippen molar-refractivity contribution in [2.75, 3.05) is 0 Å². The molecule has 1 aromatic carbocycles. The number of hydrogen-bond donors (Lipinski definition) is 0. The number of fused-ring (bicyclic) bond motifs is 2. The number of allylic oxidation sites excluding steroid dienone is 8. The first-order chi connectivity index (χ1) is 21.3. The van der Waals surface area contributed by atoms with E-state index in [0.29, 0.717) is 0 Å². The van der Waals surface area contributed by atoms with E-state index in [9.17, 15) is 50.9 Å². The maximum Gasteiger partial charge on any atom is 0.214 e. The van der Waals surface area contributed by atoms with Gasteiger partial charge in [0.15, 0.2) is 11.4 Å². The first-order valence-corrected chi connectivity index (χ1v) is 12.0. The van der Waals surface area contributed by atoms with Crippen LogP contribution in [-0.2, 0) is 0 Å². The average molecular weight is 568 g/mol. The highest BCUT2D eigenvalue weighted by atomic mass is 19.1. The summed E-state index contributed by atoms with van der Waals surface area (Å²) in [4.78, 5) is 7.15. The first kappa shape index (κ1) is 27.8. The van der Waals surface area contributed by atoms with Crippen LogP contribution in [0, 0.1) is 103 Å². The van der Waals surface area contributed by atoms with Crippen molar-refractivity contribution >= 4 is 33.4 Å². The van der Waals surface area contributed by atoms with Crippen LogP contribution < -0.4 is 0 Å². The van der Waals surface area contributed by atoms with E-state index < -0.39 is 34.4 Å². The third-order valence-electron chi connectivity index (χ3n) is 6.88. The highest BCUT2D eigenvalue weighted by Gasteiger charge is 2.38. The highest BCUT2D eigenvalue weighted by Crippen LogP contribution is 2.54. The molecule has 0 atom stereocenters. The van der Waals surface area contributed by atoms with Crippen LogP contribution in [-0.4, -0.2) is 9.97 Å². The fraction of sp³-hybridized carbons (Fsp3) is 0. The van der Waals surface area contributed by atoms with Crippen molar-refractivity contribution in [1.82, 2.24) is 9.97 Å². The zero-order valence-electron chi connectivity index (χ0n) is 21.7. The van der Waals surface area contributed by atoms with Crippen molar-refractivity contribution in [3.05, 3.63) is 104 Å². The maximum atomic E-state index is 13.9. The van der Waals surface area contributed by atoms with E-state index in [0.717, 1.165) is 12.1 Å². The Morgan fingerprint density at radius 3 is 1.16 bits per heavy atom. The van der Waals surface area contributed by atoms with Gasteiger partial charge in [-0.1, -0.05) is 0 Å². The van der Waals surface area contributed by atoms with Crippen LogP contribution >= 0.6 is 0 Å². The molecule has 198 valence electrons. The molecule has 10 nitrogen and oxygen atoms in total. The lowest BCUT2D eigenvalue weighted by atomic mass is 9.89. The Morgan fingerprint density at radius 2 is 0.841 bits per heavy atom. The summed E-state index contributed by atoms with van der Waals surface area (Å²) in [5.41, 5.74) is -2.04. The lowest BCUT2D eigenvalue weighted by Gasteiger charge is -2.12. The van der Waals surface area contributed by atoms with Crippen LogP contribution in [0.2, 0.25) is 0 Å². The zero-order chi connectivity index (χ0) is 31.7. The Bertz CT molecular complexity index is 2190. The Balaban J connectivity index is 1.98. The molecule has 5 rings (SSSR count). The van der Waals surface area contributed by atoms with Gasteiger partial charge in [0.1, 0.15) is 59.7 Å². The Kier molecular flexibility index (Phi) is 6.75. The summed E-state index contributed by atoms with van der Waals surface area (Å²) < 4.78 is 27.9. The minimum Gasteiger partial charge on any atom is -0.208 e. The van der Waals surface area contributed by atoms with Gasteiger partial charge in [0, 0.05) is 44.5 Å². The second-order valence-electron chi connectivity index (χ2n) is 8.90. The van der Waals surface area contributed by atoms with E-state index >= 15 is 0 Å². The van der Waals surface area contributed by atoms with Gasteiger partial charge in [-0.3, -0.25) is 0 Å². The Hall–Kier alpha value is -7.74. The molecule has 44 heavy (non-hydrogen) atoms. The zero-order valence-corrected chi connectivity index (χ0v) is 21.7. The van der Waals surface area contributed by atoms with Gasteiger partial charge in [-0.25, -0.2) is 9.97 Å². The van der Waals surface area contributed by atoms with E-state index in [-0.39, 0.29) is 66.8 Å². The second-order valence-corrected chi connectivity index (χ2v) is 8.90. The van der Waals surface area contributed by atoms with Crippen molar-refractivity contribution in [3.8, 4) is 48.6 Å². The van der Waals surface area contributed by atoms with Crippen LogP contribution in [0.3, 0.4) is 0 Å².